The largest absolute Gasteiger partial charge is 0.492 e. The minimum absolute atomic E-state index is 0.0342. The Morgan fingerprint density at radius 3 is 2.56 bits per heavy atom. The number of hydrogen-bond acceptors (Lipinski definition) is 4. The quantitative estimate of drug-likeness (QED) is 0.796. The molecule has 2 aromatic carbocycles. The van der Waals surface area contributed by atoms with Crippen LogP contribution in [0.2, 0.25) is 0 Å². The van der Waals surface area contributed by atoms with Crippen LogP contribution >= 0.6 is 0 Å². The van der Waals surface area contributed by atoms with Gasteiger partial charge in [-0.2, -0.15) is 5.10 Å². The van der Waals surface area contributed by atoms with Gasteiger partial charge in [-0.25, -0.2) is 14.2 Å². The molecular weight excluding hydrogens is 407 g/mol. The van der Waals surface area contributed by atoms with Crippen molar-refractivity contribution >= 4 is 11.7 Å². The first kappa shape index (κ1) is 19.7. The first-order valence-corrected chi connectivity index (χ1v) is 11.6. The summed E-state index contributed by atoms with van der Waals surface area (Å²) in [6, 6.07) is 14.8. The van der Waals surface area contributed by atoms with Crippen LogP contribution in [0.1, 0.15) is 42.9 Å². The number of piperidine rings is 1. The number of hydrogen-bond donors (Lipinski definition) is 1. The lowest BCUT2D eigenvalue weighted by molar-refractivity contribution is 0.0985. The smallest absolute Gasteiger partial charge is 0.341 e. The van der Waals surface area contributed by atoms with E-state index in [2.05, 4.69) is 10.2 Å². The zero-order valence-electron chi connectivity index (χ0n) is 17.9. The molecule has 0 radical (unpaired) electrons. The van der Waals surface area contributed by atoms with E-state index in [1.54, 1.807) is 11.1 Å². The second-order valence-corrected chi connectivity index (χ2v) is 9.15. The summed E-state index contributed by atoms with van der Waals surface area (Å²) >= 11 is 0. The summed E-state index contributed by atoms with van der Waals surface area (Å²) in [5.74, 6) is 0.163. The molecule has 2 amide bonds. The zero-order valence-corrected chi connectivity index (χ0v) is 17.9. The molecule has 0 bridgehead atoms. The standard InChI is InChI=1S/C25H27FN4O2/c26-17-6-9-22-20(14-17)23-21(15-32-22)24(16-4-2-1-3-5-16)30(28-23)25(31)29(18-7-8-18)19-10-12-27-13-11-19/h1-6,9,14,18-19,21,24,27H,7-8,10-13,15H2. The number of amides is 2. The molecule has 2 atom stereocenters. The normalized spacial score (nSPS) is 24.9. The highest BCUT2D eigenvalue weighted by atomic mass is 19.1. The van der Waals surface area contributed by atoms with Crippen molar-refractivity contribution in [1.82, 2.24) is 15.2 Å². The predicted molar refractivity (Wildman–Crippen MR) is 119 cm³/mol. The molecule has 3 heterocycles. The van der Waals surface area contributed by atoms with E-state index in [0.29, 0.717) is 24.0 Å². The second kappa shape index (κ2) is 7.89. The highest BCUT2D eigenvalue weighted by Gasteiger charge is 2.49. The second-order valence-electron chi connectivity index (χ2n) is 9.15. The minimum Gasteiger partial charge on any atom is -0.492 e. The summed E-state index contributed by atoms with van der Waals surface area (Å²) in [6.45, 7) is 2.28. The molecule has 0 aromatic heterocycles. The number of fused-ring (bicyclic) bond motifs is 3. The number of rotatable bonds is 3. The van der Waals surface area contributed by atoms with Gasteiger partial charge in [0.2, 0.25) is 0 Å². The van der Waals surface area contributed by atoms with E-state index in [9.17, 15) is 9.18 Å². The predicted octanol–water partition coefficient (Wildman–Crippen LogP) is 3.93. The van der Waals surface area contributed by atoms with Gasteiger partial charge in [-0.1, -0.05) is 30.3 Å². The van der Waals surface area contributed by atoms with Crippen molar-refractivity contribution in [3.63, 3.8) is 0 Å². The van der Waals surface area contributed by atoms with E-state index in [-0.39, 0.29) is 29.8 Å². The summed E-state index contributed by atoms with van der Waals surface area (Å²) in [5.41, 5.74) is 2.42. The number of nitrogens with zero attached hydrogens (tertiary/aromatic N) is 3. The fourth-order valence-electron chi connectivity index (χ4n) is 5.36. The Morgan fingerprint density at radius 2 is 1.81 bits per heavy atom. The molecule has 1 N–H and O–H groups in total. The fourth-order valence-corrected chi connectivity index (χ4v) is 5.36. The number of halogens is 1. The van der Waals surface area contributed by atoms with E-state index in [1.807, 2.05) is 30.3 Å². The van der Waals surface area contributed by atoms with Crippen LogP contribution in [0.5, 0.6) is 5.75 Å². The first-order valence-electron chi connectivity index (χ1n) is 11.6. The Kier molecular flexibility index (Phi) is 4.86. The fraction of sp³-hybridized carbons (Fsp3) is 0.440. The molecule has 7 heteroatoms. The highest BCUT2D eigenvalue weighted by molar-refractivity contribution is 6.07. The molecule has 1 saturated carbocycles. The maximum atomic E-state index is 14.1. The van der Waals surface area contributed by atoms with Gasteiger partial charge in [-0.3, -0.25) is 0 Å². The van der Waals surface area contributed by atoms with Crippen LogP contribution in [0.3, 0.4) is 0 Å². The van der Waals surface area contributed by atoms with Gasteiger partial charge in [0.05, 0.1) is 24.3 Å². The van der Waals surface area contributed by atoms with Crippen molar-refractivity contribution < 1.29 is 13.9 Å². The topological polar surface area (TPSA) is 57.2 Å². The molecule has 2 fully saturated rings. The molecule has 2 aromatic rings. The van der Waals surface area contributed by atoms with Crippen molar-refractivity contribution in [3.8, 4) is 5.75 Å². The van der Waals surface area contributed by atoms with Crippen molar-refractivity contribution in [1.29, 1.82) is 0 Å². The van der Waals surface area contributed by atoms with Crippen LogP contribution in [0.15, 0.2) is 53.6 Å². The van der Waals surface area contributed by atoms with Gasteiger partial charge in [0.25, 0.3) is 0 Å². The third-order valence-electron chi connectivity index (χ3n) is 7.05. The lowest BCUT2D eigenvalue weighted by atomic mass is 9.86. The van der Waals surface area contributed by atoms with E-state index in [4.69, 9.17) is 9.84 Å². The Hall–Kier alpha value is -2.93. The molecule has 6 rings (SSSR count). The van der Waals surface area contributed by atoms with E-state index in [0.717, 1.165) is 50.0 Å². The van der Waals surface area contributed by atoms with Crippen LogP contribution in [0.25, 0.3) is 0 Å². The summed E-state index contributed by atoms with van der Waals surface area (Å²) in [7, 11) is 0. The number of carbonyl (C=O) groups excluding carboxylic acids is 1. The van der Waals surface area contributed by atoms with Gasteiger partial charge < -0.3 is 15.0 Å². The highest BCUT2D eigenvalue weighted by Crippen LogP contribution is 2.44. The molecule has 1 aliphatic carbocycles. The average molecular weight is 435 g/mol. The molecule has 0 spiro atoms. The van der Waals surface area contributed by atoms with E-state index < -0.39 is 0 Å². The Labute approximate surface area is 187 Å². The molecule has 166 valence electrons. The van der Waals surface area contributed by atoms with Crippen LogP contribution < -0.4 is 10.1 Å². The van der Waals surface area contributed by atoms with E-state index in [1.165, 1.54) is 12.1 Å². The monoisotopic (exact) mass is 434 g/mol. The van der Waals surface area contributed by atoms with Crippen LogP contribution in [0, 0.1) is 11.7 Å². The molecule has 32 heavy (non-hydrogen) atoms. The number of nitrogens with one attached hydrogen (secondary N) is 1. The summed E-state index contributed by atoms with van der Waals surface area (Å²) in [5, 5.41) is 9.94. The van der Waals surface area contributed by atoms with Crippen LogP contribution in [0.4, 0.5) is 9.18 Å². The van der Waals surface area contributed by atoms with Crippen molar-refractivity contribution in [2.75, 3.05) is 19.7 Å². The van der Waals surface area contributed by atoms with Crippen molar-refractivity contribution in [2.45, 2.75) is 43.8 Å². The lowest BCUT2D eigenvalue weighted by Gasteiger charge is -2.38. The van der Waals surface area contributed by atoms with Crippen molar-refractivity contribution in [3.05, 3.63) is 65.5 Å². The van der Waals surface area contributed by atoms with Gasteiger partial charge in [0.15, 0.2) is 0 Å². The molecule has 6 nitrogen and oxygen atoms in total. The van der Waals surface area contributed by atoms with Crippen molar-refractivity contribution in [2.24, 2.45) is 11.0 Å². The number of ether oxygens (including phenoxy) is 1. The average Bonchev–Trinajstić information content (AvgIpc) is 3.58. The summed E-state index contributed by atoms with van der Waals surface area (Å²) < 4.78 is 20.1. The molecule has 1 saturated heterocycles. The molecule has 3 aliphatic heterocycles. The molecule has 4 aliphatic rings. The number of hydrazone groups is 1. The molecule has 2 unspecified atom stereocenters. The number of benzene rings is 2. The molecular formula is C25H27FN4O2. The van der Waals surface area contributed by atoms with Gasteiger partial charge in [-0.15, -0.1) is 0 Å². The Balaban J connectivity index is 1.41. The van der Waals surface area contributed by atoms with E-state index >= 15 is 0 Å². The SMILES string of the molecule is O=C(N1N=C2c3cc(F)ccc3OCC2C1c1ccccc1)N(C1CCNCC1)C1CC1. The first-order chi connectivity index (χ1) is 15.7. The third-order valence-corrected chi connectivity index (χ3v) is 7.05. The summed E-state index contributed by atoms with van der Waals surface area (Å²) in [6.07, 6.45) is 4.03. The van der Waals surface area contributed by atoms with Gasteiger partial charge in [0, 0.05) is 17.6 Å². The Morgan fingerprint density at radius 1 is 1.06 bits per heavy atom. The van der Waals surface area contributed by atoms with Crippen LogP contribution in [-0.4, -0.2) is 53.4 Å². The third kappa shape index (κ3) is 3.35. The van der Waals surface area contributed by atoms with Gasteiger partial charge in [-0.05, 0) is 62.5 Å². The zero-order chi connectivity index (χ0) is 21.7. The number of urea groups is 1. The van der Waals surface area contributed by atoms with Gasteiger partial charge in [0.1, 0.15) is 11.6 Å². The summed E-state index contributed by atoms with van der Waals surface area (Å²) in [4.78, 5) is 16.1. The maximum absolute atomic E-state index is 14.1. The van der Waals surface area contributed by atoms with Crippen LogP contribution in [-0.2, 0) is 0 Å². The Bertz CT molecular complexity index is 1050. The van der Waals surface area contributed by atoms with Gasteiger partial charge >= 0.3 is 6.03 Å². The lowest BCUT2D eigenvalue weighted by Crippen LogP contribution is -2.51. The minimum atomic E-state index is -0.328. The number of carbonyl (C=O) groups is 1. The maximum Gasteiger partial charge on any atom is 0.341 e.